The van der Waals surface area contributed by atoms with E-state index in [0.717, 1.165) is 43.4 Å². The Labute approximate surface area is 164 Å². The summed E-state index contributed by atoms with van der Waals surface area (Å²) < 4.78 is 11.1. The molecule has 1 saturated heterocycles. The summed E-state index contributed by atoms with van der Waals surface area (Å²) >= 11 is 5.93. The van der Waals surface area contributed by atoms with Gasteiger partial charge in [0.25, 0.3) is 0 Å². The van der Waals surface area contributed by atoms with Crippen molar-refractivity contribution in [2.24, 2.45) is 0 Å². The fourth-order valence-electron chi connectivity index (χ4n) is 2.85. The average molecular weight is 390 g/mol. The molecule has 2 heterocycles. The maximum Gasteiger partial charge on any atom is 0.224 e. The van der Waals surface area contributed by atoms with Crippen LogP contribution >= 0.6 is 11.6 Å². The summed E-state index contributed by atoms with van der Waals surface area (Å²) in [5.74, 6) is 1.65. The number of nitrogens with zero attached hydrogens (tertiary/aromatic N) is 2. The van der Waals surface area contributed by atoms with E-state index in [-0.39, 0.29) is 5.91 Å². The predicted octanol–water partition coefficient (Wildman–Crippen LogP) is 3.68. The quantitative estimate of drug-likeness (QED) is 0.732. The molecule has 3 rings (SSSR count). The molecular weight excluding hydrogens is 366 g/mol. The molecule has 1 fully saturated rings. The number of anilines is 2. The van der Waals surface area contributed by atoms with Crippen LogP contribution in [0.15, 0.2) is 36.5 Å². The van der Waals surface area contributed by atoms with Crippen LogP contribution in [0, 0.1) is 6.92 Å². The minimum Gasteiger partial charge on any atom is -0.493 e. The number of amides is 1. The normalized spacial score (nSPS) is 14.1. The van der Waals surface area contributed by atoms with Gasteiger partial charge in [0.2, 0.25) is 5.91 Å². The number of benzene rings is 1. The van der Waals surface area contributed by atoms with Gasteiger partial charge in [-0.3, -0.25) is 4.79 Å². The van der Waals surface area contributed by atoms with E-state index in [1.54, 1.807) is 12.3 Å². The molecule has 1 aromatic heterocycles. The van der Waals surface area contributed by atoms with Crippen molar-refractivity contribution in [2.75, 3.05) is 43.1 Å². The molecule has 0 radical (unpaired) electrons. The second-order valence-corrected chi connectivity index (χ2v) is 6.85. The number of carbonyl (C=O) groups is 1. The smallest absolute Gasteiger partial charge is 0.224 e. The van der Waals surface area contributed by atoms with Gasteiger partial charge in [-0.15, -0.1) is 0 Å². The van der Waals surface area contributed by atoms with Crippen molar-refractivity contribution in [1.82, 2.24) is 4.98 Å². The minimum atomic E-state index is -0.0487. The molecule has 0 unspecified atom stereocenters. The lowest BCUT2D eigenvalue weighted by atomic mass is 10.2. The number of rotatable bonds is 7. The van der Waals surface area contributed by atoms with Gasteiger partial charge in [0.15, 0.2) is 0 Å². The Morgan fingerprint density at radius 3 is 2.81 bits per heavy atom. The lowest BCUT2D eigenvalue weighted by molar-refractivity contribution is -0.116. The molecule has 0 spiro atoms. The molecule has 1 aliphatic rings. The van der Waals surface area contributed by atoms with Crippen LogP contribution in [0.3, 0.4) is 0 Å². The number of pyridine rings is 1. The summed E-state index contributed by atoms with van der Waals surface area (Å²) in [4.78, 5) is 18.7. The molecular formula is C20H24ClN3O3. The van der Waals surface area contributed by atoms with Crippen molar-refractivity contribution >= 4 is 29.0 Å². The molecule has 6 nitrogen and oxygen atoms in total. The van der Waals surface area contributed by atoms with Gasteiger partial charge in [-0.25, -0.2) is 4.98 Å². The zero-order chi connectivity index (χ0) is 19.1. The van der Waals surface area contributed by atoms with E-state index in [0.29, 0.717) is 30.2 Å². The summed E-state index contributed by atoms with van der Waals surface area (Å²) in [7, 11) is 0. The first-order valence-electron chi connectivity index (χ1n) is 9.09. The van der Waals surface area contributed by atoms with Gasteiger partial charge < -0.3 is 19.7 Å². The Balaban J connectivity index is 1.40. The molecule has 2 aromatic rings. The Bertz CT molecular complexity index is 762. The zero-order valence-corrected chi connectivity index (χ0v) is 16.2. The SMILES string of the molecule is Cc1cc(Cl)ccc1OCCCC(=O)Nc1ccc(N2CCOCC2)nc1. The molecule has 7 heteroatoms. The molecule has 144 valence electrons. The van der Waals surface area contributed by atoms with E-state index in [4.69, 9.17) is 21.1 Å². The Hall–Kier alpha value is -2.31. The van der Waals surface area contributed by atoms with E-state index in [1.165, 1.54) is 0 Å². The Kier molecular flexibility index (Phi) is 6.90. The largest absolute Gasteiger partial charge is 0.493 e. The number of morpholine rings is 1. The predicted molar refractivity (Wildman–Crippen MR) is 107 cm³/mol. The second-order valence-electron chi connectivity index (χ2n) is 6.41. The summed E-state index contributed by atoms with van der Waals surface area (Å²) in [5.41, 5.74) is 1.69. The topological polar surface area (TPSA) is 63.7 Å². The van der Waals surface area contributed by atoms with Crippen molar-refractivity contribution in [2.45, 2.75) is 19.8 Å². The summed E-state index contributed by atoms with van der Waals surface area (Å²) in [6.45, 7) is 5.54. The number of carbonyl (C=O) groups excluding carboxylic acids is 1. The van der Waals surface area contributed by atoms with Crippen LogP contribution in [0.25, 0.3) is 0 Å². The Morgan fingerprint density at radius 1 is 1.30 bits per heavy atom. The van der Waals surface area contributed by atoms with Crippen molar-refractivity contribution in [3.05, 3.63) is 47.1 Å². The molecule has 0 saturated carbocycles. The van der Waals surface area contributed by atoms with E-state index in [2.05, 4.69) is 15.2 Å². The number of halogens is 1. The number of nitrogens with one attached hydrogen (secondary N) is 1. The third kappa shape index (κ3) is 5.84. The van der Waals surface area contributed by atoms with Crippen LogP contribution in [0.1, 0.15) is 18.4 Å². The third-order valence-corrected chi connectivity index (χ3v) is 4.54. The fourth-order valence-corrected chi connectivity index (χ4v) is 3.08. The van der Waals surface area contributed by atoms with E-state index in [9.17, 15) is 4.79 Å². The van der Waals surface area contributed by atoms with Gasteiger partial charge in [0.1, 0.15) is 11.6 Å². The molecule has 1 aliphatic heterocycles. The number of hydrogen-bond donors (Lipinski definition) is 1. The number of aromatic nitrogens is 1. The van der Waals surface area contributed by atoms with Crippen LogP contribution in [0.5, 0.6) is 5.75 Å². The van der Waals surface area contributed by atoms with Gasteiger partial charge in [0.05, 0.1) is 31.7 Å². The van der Waals surface area contributed by atoms with Crippen molar-refractivity contribution in [3.63, 3.8) is 0 Å². The first-order valence-corrected chi connectivity index (χ1v) is 9.47. The lowest BCUT2D eigenvalue weighted by Crippen LogP contribution is -2.36. The molecule has 27 heavy (non-hydrogen) atoms. The van der Waals surface area contributed by atoms with E-state index in [1.807, 2.05) is 31.2 Å². The highest BCUT2D eigenvalue weighted by Crippen LogP contribution is 2.22. The van der Waals surface area contributed by atoms with E-state index >= 15 is 0 Å². The number of aryl methyl sites for hydroxylation is 1. The standard InChI is InChI=1S/C20H24ClN3O3/c1-15-13-16(21)4-6-18(15)27-10-2-3-20(25)23-17-5-7-19(22-14-17)24-8-11-26-12-9-24/h4-7,13-14H,2-3,8-12H2,1H3,(H,23,25). The molecule has 0 aliphatic carbocycles. The lowest BCUT2D eigenvalue weighted by Gasteiger charge is -2.27. The van der Waals surface area contributed by atoms with Gasteiger partial charge in [-0.2, -0.15) is 0 Å². The maximum atomic E-state index is 12.1. The van der Waals surface area contributed by atoms with Gasteiger partial charge >= 0.3 is 0 Å². The summed E-state index contributed by atoms with van der Waals surface area (Å²) in [5, 5.41) is 3.56. The third-order valence-electron chi connectivity index (χ3n) is 4.31. The highest BCUT2D eigenvalue weighted by molar-refractivity contribution is 6.30. The van der Waals surface area contributed by atoms with Crippen molar-refractivity contribution in [1.29, 1.82) is 0 Å². The second kappa shape index (κ2) is 9.58. The molecule has 0 bridgehead atoms. The molecule has 1 amide bonds. The van der Waals surface area contributed by atoms with Crippen molar-refractivity contribution in [3.8, 4) is 5.75 Å². The number of ether oxygens (including phenoxy) is 2. The maximum absolute atomic E-state index is 12.1. The average Bonchev–Trinajstić information content (AvgIpc) is 2.68. The first kappa shape index (κ1) is 19.5. The van der Waals surface area contributed by atoms with Crippen LogP contribution in [-0.4, -0.2) is 43.8 Å². The van der Waals surface area contributed by atoms with Gasteiger partial charge in [-0.05, 0) is 49.2 Å². The number of hydrogen-bond acceptors (Lipinski definition) is 5. The van der Waals surface area contributed by atoms with Crippen LogP contribution < -0.4 is 15.0 Å². The zero-order valence-electron chi connectivity index (χ0n) is 15.4. The fraction of sp³-hybridized carbons (Fsp3) is 0.400. The van der Waals surface area contributed by atoms with Gasteiger partial charge in [-0.1, -0.05) is 11.6 Å². The van der Waals surface area contributed by atoms with Crippen molar-refractivity contribution < 1.29 is 14.3 Å². The monoisotopic (exact) mass is 389 g/mol. The van der Waals surface area contributed by atoms with E-state index < -0.39 is 0 Å². The Morgan fingerprint density at radius 2 is 2.11 bits per heavy atom. The molecule has 1 N–H and O–H groups in total. The molecule has 0 atom stereocenters. The van der Waals surface area contributed by atoms with Crippen LogP contribution in [0.4, 0.5) is 11.5 Å². The first-order chi connectivity index (χ1) is 13.1. The minimum absolute atomic E-state index is 0.0487. The summed E-state index contributed by atoms with van der Waals surface area (Å²) in [6.07, 6.45) is 2.71. The molecule has 1 aromatic carbocycles. The highest BCUT2D eigenvalue weighted by atomic mass is 35.5. The van der Waals surface area contributed by atoms with Crippen LogP contribution in [-0.2, 0) is 9.53 Å². The summed E-state index contributed by atoms with van der Waals surface area (Å²) in [6, 6.07) is 9.30. The van der Waals surface area contributed by atoms with Gasteiger partial charge in [0, 0.05) is 24.5 Å². The highest BCUT2D eigenvalue weighted by Gasteiger charge is 2.12. The van der Waals surface area contributed by atoms with Crippen LogP contribution in [0.2, 0.25) is 5.02 Å².